The molecule has 0 saturated carbocycles. The van der Waals surface area contributed by atoms with Gasteiger partial charge in [0.05, 0.1) is 24.9 Å². The van der Waals surface area contributed by atoms with E-state index in [1.54, 1.807) is 24.4 Å². The summed E-state index contributed by atoms with van der Waals surface area (Å²) in [5.74, 6) is 1.26. The lowest BCUT2D eigenvalue weighted by atomic mass is 10.0. The van der Waals surface area contributed by atoms with Crippen molar-refractivity contribution in [3.63, 3.8) is 0 Å². The Balaban J connectivity index is 1.32. The highest BCUT2D eigenvalue weighted by Gasteiger charge is 2.23. The summed E-state index contributed by atoms with van der Waals surface area (Å²) in [6.45, 7) is 3.70. The van der Waals surface area contributed by atoms with Crippen molar-refractivity contribution in [1.29, 1.82) is 0 Å². The first kappa shape index (κ1) is 26.1. The average molecular weight is 544 g/mol. The minimum Gasteiger partial charge on any atom is -0.496 e. The molecule has 2 fully saturated rings. The lowest BCUT2D eigenvalue weighted by Gasteiger charge is -2.34. The Morgan fingerprint density at radius 2 is 1.98 bits per heavy atom. The van der Waals surface area contributed by atoms with Crippen LogP contribution in [0.4, 0.5) is 21.7 Å². The highest BCUT2D eigenvalue weighted by molar-refractivity contribution is 5.80. The summed E-state index contributed by atoms with van der Waals surface area (Å²) in [6.07, 6.45) is 11.7. The SMILES string of the molecule is COc1cccc(F)c1-c1nccc(Nc2cc(N3CCC[C@H](N)C3)c(-c3cnn(C4CCNCC4)c3)cn2)n1. The molecular weight excluding hydrogens is 509 g/mol. The van der Waals surface area contributed by atoms with E-state index in [9.17, 15) is 4.39 Å². The molecule has 0 bridgehead atoms. The minimum absolute atomic E-state index is 0.115. The fourth-order valence-electron chi connectivity index (χ4n) is 5.55. The van der Waals surface area contributed by atoms with E-state index in [0.29, 0.717) is 23.4 Å². The molecule has 2 saturated heterocycles. The second kappa shape index (κ2) is 11.6. The van der Waals surface area contributed by atoms with Crippen LogP contribution in [0.5, 0.6) is 5.75 Å². The molecule has 0 spiro atoms. The molecule has 0 unspecified atom stereocenters. The van der Waals surface area contributed by atoms with Crippen LogP contribution in [0.25, 0.3) is 22.5 Å². The Kier molecular flexibility index (Phi) is 7.56. The fraction of sp³-hybridized carbons (Fsp3) is 0.379. The first-order valence-corrected chi connectivity index (χ1v) is 13.8. The summed E-state index contributed by atoms with van der Waals surface area (Å²) in [5, 5.41) is 11.4. The van der Waals surface area contributed by atoms with Gasteiger partial charge >= 0.3 is 0 Å². The molecule has 3 aromatic heterocycles. The normalized spacial score (nSPS) is 18.1. The maximum absolute atomic E-state index is 14.7. The number of rotatable bonds is 7. The number of ether oxygens (including phenoxy) is 1. The summed E-state index contributed by atoms with van der Waals surface area (Å²) in [6, 6.07) is 8.91. The molecule has 5 heterocycles. The van der Waals surface area contributed by atoms with E-state index in [1.165, 1.54) is 13.2 Å². The van der Waals surface area contributed by atoms with Crippen LogP contribution in [0.1, 0.15) is 31.7 Å². The van der Waals surface area contributed by atoms with Gasteiger partial charge in [0.25, 0.3) is 0 Å². The molecule has 1 aromatic carbocycles. The Labute approximate surface area is 232 Å². The zero-order chi connectivity index (χ0) is 27.5. The summed E-state index contributed by atoms with van der Waals surface area (Å²) in [4.78, 5) is 15.9. The number of aromatic nitrogens is 5. The van der Waals surface area contributed by atoms with Crippen LogP contribution in [-0.2, 0) is 0 Å². The standard InChI is InChI=1S/C29H34FN9O/c1-40-25-6-2-5-23(30)28(25)29-33-12-9-26(37-29)36-27-14-24(38-13-3-4-20(31)18-38)22(16-34-27)19-15-35-39(17-19)21-7-10-32-11-8-21/h2,5-6,9,12,14-17,20-21,32H,3-4,7-8,10-11,13,18,31H2,1H3,(H,33,34,36,37)/t20-/m0/s1. The Morgan fingerprint density at radius 3 is 2.80 bits per heavy atom. The summed E-state index contributed by atoms with van der Waals surface area (Å²) < 4.78 is 22.1. The second-order valence-corrected chi connectivity index (χ2v) is 10.3. The lowest BCUT2D eigenvalue weighted by Crippen LogP contribution is -2.43. The highest BCUT2D eigenvalue weighted by Crippen LogP contribution is 2.35. The van der Waals surface area contributed by atoms with E-state index in [2.05, 4.69) is 36.4 Å². The van der Waals surface area contributed by atoms with Crippen molar-refractivity contribution < 1.29 is 9.13 Å². The van der Waals surface area contributed by atoms with Crippen molar-refractivity contribution in [3.05, 3.63) is 60.9 Å². The molecular formula is C29H34FN9O. The van der Waals surface area contributed by atoms with Crippen LogP contribution >= 0.6 is 0 Å². The van der Waals surface area contributed by atoms with Crippen LogP contribution in [0.15, 0.2) is 55.1 Å². The predicted octanol–water partition coefficient (Wildman–Crippen LogP) is 4.15. The van der Waals surface area contributed by atoms with E-state index < -0.39 is 5.82 Å². The summed E-state index contributed by atoms with van der Waals surface area (Å²) >= 11 is 0. The molecule has 0 aliphatic carbocycles. The molecule has 2 aliphatic rings. The van der Waals surface area contributed by atoms with Gasteiger partial charge in [-0.25, -0.2) is 19.3 Å². The third-order valence-electron chi connectivity index (χ3n) is 7.61. The quantitative estimate of drug-likeness (QED) is 0.316. The van der Waals surface area contributed by atoms with E-state index in [1.807, 2.05) is 18.5 Å². The molecule has 10 nitrogen and oxygen atoms in total. The molecule has 6 rings (SSSR count). The molecule has 4 N–H and O–H groups in total. The minimum atomic E-state index is -0.451. The van der Waals surface area contributed by atoms with Crippen LogP contribution in [0.2, 0.25) is 0 Å². The smallest absolute Gasteiger partial charge is 0.168 e. The number of nitrogens with one attached hydrogen (secondary N) is 2. The molecule has 2 aliphatic heterocycles. The van der Waals surface area contributed by atoms with E-state index >= 15 is 0 Å². The van der Waals surface area contributed by atoms with Gasteiger partial charge in [0.15, 0.2) is 5.82 Å². The second-order valence-electron chi connectivity index (χ2n) is 10.3. The Hall–Kier alpha value is -4.09. The van der Waals surface area contributed by atoms with E-state index in [0.717, 1.165) is 68.7 Å². The van der Waals surface area contributed by atoms with Crippen molar-refractivity contribution in [3.8, 4) is 28.3 Å². The maximum Gasteiger partial charge on any atom is 0.168 e. The lowest BCUT2D eigenvalue weighted by molar-refractivity contribution is 0.343. The number of nitrogens with zero attached hydrogens (tertiary/aromatic N) is 6. The number of halogens is 1. The highest BCUT2D eigenvalue weighted by atomic mass is 19.1. The third kappa shape index (κ3) is 5.47. The van der Waals surface area contributed by atoms with Crippen molar-refractivity contribution in [2.45, 2.75) is 37.8 Å². The van der Waals surface area contributed by atoms with Crippen LogP contribution in [-0.4, -0.2) is 64.1 Å². The Bertz CT molecular complexity index is 1470. The number of benzene rings is 1. The molecule has 40 heavy (non-hydrogen) atoms. The number of hydrogen-bond acceptors (Lipinski definition) is 9. The van der Waals surface area contributed by atoms with Crippen LogP contribution in [0.3, 0.4) is 0 Å². The first-order chi connectivity index (χ1) is 19.6. The summed E-state index contributed by atoms with van der Waals surface area (Å²) in [5.41, 5.74) is 9.67. The monoisotopic (exact) mass is 543 g/mol. The first-order valence-electron chi connectivity index (χ1n) is 13.8. The predicted molar refractivity (Wildman–Crippen MR) is 153 cm³/mol. The van der Waals surface area contributed by atoms with Crippen LogP contribution in [0, 0.1) is 5.82 Å². The molecule has 0 radical (unpaired) electrons. The van der Waals surface area contributed by atoms with Gasteiger partial charge in [-0.2, -0.15) is 5.10 Å². The van der Waals surface area contributed by atoms with Crippen molar-refractivity contribution >= 4 is 17.3 Å². The molecule has 4 aromatic rings. The number of hydrogen-bond donors (Lipinski definition) is 3. The number of pyridine rings is 1. The van der Waals surface area contributed by atoms with E-state index in [4.69, 9.17) is 20.6 Å². The van der Waals surface area contributed by atoms with Gasteiger partial charge in [-0.1, -0.05) is 6.07 Å². The van der Waals surface area contributed by atoms with Gasteiger partial charge in [0, 0.05) is 60.6 Å². The number of anilines is 3. The van der Waals surface area contributed by atoms with Crippen molar-refractivity contribution in [2.75, 3.05) is 43.5 Å². The van der Waals surface area contributed by atoms with Gasteiger partial charge < -0.3 is 26.0 Å². The Morgan fingerprint density at radius 1 is 1.10 bits per heavy atom. The van der Waals surface area contributed by atoms with Crippen LogP contribution < -0.4 is 26.0 Å². The zero-order valence-electron chi connectivity index (χ0n) is 22.6. The zero-order valence-corrected chi connectivity index (χ0v) is 22.6. The maximum atomic E-state index is 14.7. The van der Waals surface area contributed by atoms with Crippen molar-refractivity contribution in [2.24, 2.45) is 5.73 Å². The largest absolute Gasteiger partial charge is 0.496 e. The molecule has 0 amide bonds. The molecule has 208 valence electrons. The van der Waals surface area contributed by atoms with Gasteiger partial charge in [-0.05, 0) is 57.0 Å². The third-order valence-corrected chi connectivity index (χ3v) is 7.61. The number of piperidine rings is 2. The number of nitrogens with two attached hydrogens (primary N) is 1. The van der Waals surface area contributed by atoms with Gasteiger partial charge in [0.2, 0.25) is 0 Å². The molecule has 11 heteroatoms. The van der Waals surface area contributed by atoms with E-state index in [-0.39, 0.29) is 17.4 Å². The van der Waals surface area contributed by atoms with Gasteiger partial charge in [-0.15, -0.1) is 0 Å². The van der Waals surface area contributed by atoms with Gasteiger partial charge in [0.1, 0.15) is 23.2 Å². The van der Waals surface area contributed by atoms with Gasteiger partial charge in [-0.3, -0.25) is 4.68 Å². The summed E-state index contributed by atoms with van der Waals surface area (Å²) in [7, 11) is 1.50. The topological polar surface area (TPSA) is 119 Å². The molecule has 1 atom stereocenters. The number of methoxy groups -OCH3 is 1. The average Bonchev–Trinajstić information content (AvgIpc) is 3.48. The van der Waals surface area contributed by atoms with Crippen molar-refractivity contribution in [1.82, 2.24) is 30.0 Å². The fourth-order valence-corrected chi connectivity index (χ4v) is 5.55.